The van der Waals surface area contributed by atoms with Crippen LogP contribution >= 0.6 is 36.2 Å². The largest absolute Gasteiger partial charge is 0.371 e. The van der Waals surface area contributed by atoms with Gasteiger partial charge in [0, 0.05) is 12.7 Å². The molecule has 1 aromatic rings. The second kappa shape index (κ2) is 7.43. The minimum absolute atomic E-state index is 0. The highest BCUT2D eigenvalue weighted by molar-refractivity contribution is 7.09. The number of ether oxygens (including phenoxy) is 1. The molecule has 0 spiro atoms. The van der Waals surface area contributed by atoms with Gasteiger partial charge in [0.05, 0.1) is 23.1 Å². The van der Waals surface area contributed by atoms with Gasteiger partial charge in [-0.05, 0) is 13.0 Å². The Morgan fingerprint density at radius 3 is 3.00 bits per heavy atom. The number of thiazole rings is 1. The summed E-state index contributed by atoms with van der Waals surface area (Å²) in [5, 5.41) is 3.27. The number of aromatic nitrogens is 1. The third-order valence-corrected chi connectivity index (χ3v) is 2.71. The van der Waals surface area contributed by atoms with E-state index in [1.165, 1.54) is 4.88 Å². The van der Waals surface area contributed by atoms with E-state index in [1.807, 2.05) is 11.7 Å². The summed E-state index contributed by atoms with van der Waals surface area (Å²) in [4.78, 5) is 5.20. The van der Waals surface area contributed by atoms with Gasteiger partial charge in [-0.1, -0.05) is 0 Å². The van der Waals surface area contributed by atoms with Crippen LogP contribution in [0.25, 0.3) is 0 Å². The summed E-state index contributed by atoms with van der Waals surface area (Å²) in [7, 11) is 0. The predicted octanol–water partition coefficient (Wildman–Crippen LogP) is 1.87. The fourth-order valence-corrected chi connectivity index (χ4v) is 1.80. The molecule has 0 saturated carbocycles. The van der Waals surface area contributed by atoms with E-state index in [0.29, 0.717) is 6.10 Å². The summed E-state index contributed by atoms with van der Waals surface area (Å²) >= 11 is 1.65. The van der Waals surface area contributed by atoms with E-state index < -0.39 is 0 Å². The van der Waals surface area contributed by atoms with Crippen LogP contribution in [0.15, 0.2) is 11.7 Å². The van der Waals surface area contributed by atoms with Crippen molar-refractivity contribution < 1.29 is 4.74 Å². The maximum Gasteiger partial charge on any atom is 0.0829 e. The van der Waals surface area contributed by atoms with Gasteiger partial charge in [-0.25, -0.2) is 0 Å². The molecular formula is C8H14Cl2N2OS. The van der Waals surface area contributed by atoms with Crippen molar-refractivity contribution in [3.8, 4) is 0 Å². The molecule has 0 radical (unpaired) electrons. The van der Waals surface area contributed by atoms with E-state index in [-0.39, 0.29) is 24.8 Å². The lowest BCUT2D eigenvalue weighted by molar-refractivity contribution is 0.0558. The SMILES string of the molecule is Cl.Cl.c1ncc(COC2CCNC2)s1. The molecule has 3 nitrogen and oxygen atoms in total. The maximum absolute atomic E-state index is 5.66. The smallest absolute Gasteiger partial charge is 0.0829 e. The molecule has 2 heterocycles. The minimum atomic E-state index is 0. The molecule has 1 N–H and O–H groups in total. The highest BCUT2D eigenvalue weighted by atomic mass is 35.5. The normalized spacial score (nSPS) is 19.9. The van der Waals surface area contributed by atoms with E-state index in [2.05, 4.69) is 10.3 Å². The van der Waals surface area contributed by atoms with Gasteiger partial charge >= 0.3 is 0 Å². The Labute approximate surface area is 100 Å². The Morgan fingerprint density at radius 2 is 2.43 bits per heavy atom. The van der Waals surface area contributed by atoms with Crippen molar-refractivity contribution in [3.63, 3.8) is 0 Å². The zero-order valence-corrected chi connectivity index (χ0v) is 10.1. The minimum Gasteiger partial charge on any atom is -0.371 e. The third kappa shape index (κ3) is 4.11. The zero-order valence-electron chi connectivity index (χ0n) is 7.64. The second-order valence-corrected chi connectivity index (χ2v) is 3.86. The van der Waals surface area contributed by atoms with Crippen LogP contribution in [0.4, 0.5) is 0 Å². The highest BCUT2D eigenvalue weighted by Gasteiger charge is 2.14. The molecular weight excluding hydrogens is 243 g/mol. The van der Waals surface area contributed by atoms with Crippen LogP contribution in [0.1, 0.15) is 11.3 Å². The van der Waals surface area contributed by atoms with E-state index in [0.717, 1.165) is 26.1 Å². The van der Waals surface area contributed by atoms with E-state index >= 15 is 0 Å². The summed E-state index contributed by atoms with van der Waals surface area (Å²) in [5.41, 5.74) is 1.84. The zero-order chi connectivity index (χ0) is 8.23. The van der Waals surface area contributed by atoms with Crippen LogP contribution in [-0.2, 0) is 11.3 Å². The summed E-state index contributed by atoms with van der Waals surface area (Å²) in [5.74, 6) is 0. The van der Waals surface area contributed by atoms with Crippen molar-refractivity contribution in [1.82, 2.24) is 10.3 Å². The summed E-state index contributed by atoms with van der Waals surface area (Å²) in [6.07, 6.45) is 3.42. The molecule has 6 heteroatoms. The standard InChI is InChI=1S/C8H12N2OS.2ClH/c1-2-9-3-7(1)11-5-8-4-10-6-12-8;;/h4,6-7,9H,1-3,5H2;2*1H. The first kappa shape index (κ1) is 14.1. The molecule has 0 amide bonds. The van der Waals surface area contributed by atoms with Crippen LogP contribution in [-0.4, -0.2) is 24.2 Å². The quantitative estimate of drug-likeness (QED) is 0.897. The van der Waals surface area contributed by atoms with E-state index in [1.54, 1.807) is 11.3 Å². The van der Waals surface area contributed by atoms with Crippen LogP contribution in [0.2, 0.25) is 0 Å². The molecule has 1 fully saturated rings. The number of rotatable bonds is 3. The molecule has 14 heavy (non-hydrogen) atoms. The molecule has 1 atom stereocenters. The maximum atomic E-state index is 5.66. The van der Waals surface area contributed by atoms with Gasteiger partial charge in [0.25, 0.3) is 0 Å². The first-order valence-corrected chi connectivity index (χ1v) is 5.03. The average Bonchev–Trinajstić information content (AvgIpc) is 2.74. The number of nitrogens with one attached hydrogen (secondary N) is 1. The van der Waals surface area contributed by atoms with Crippen molar-refractivity contribution in [2.45, 2.75) is 19.1 Å². The second-order valence-electron chi connectivity index (χ2n) is 2.89. The van der Waals surface area contributed by atoms with Crippen LogP contribution in [0.3, 0.4) is 0 Å². The molecule has 1 aromatic heterocycles. The Balaban J connectivity index is 0.000000845. The lowest BCUT2D eigenvalue weighted by Gasteiger charge is -2.07. The van der Waals surface area contributed by atoms with Gasteiger partial charge in [0.2, 0.25) is 0 Å². The fraction of sp³-hybridized carbons (Fsp3) is 0.625. The molecule has 1 aliphatic rings. The number of nitrogens with zero attached hydrogens (tertiary/aromatic N) is 1. The molecule has 0 bridgehead atoms. The van der Waals surface area contributed by atoms with Gasteiger partial charge in [0.15, 0.2) is 0 Å². The Hall–Kier alpha value is 0.130. The van der Waals surface area contributed by atoms with Crippen molar-refractivity contribution >= 4 is 36.2 Å². The number of halogens is 2. The van der Waals surface area contributed by atoms with Crippen LogP contribution < -0.4 is 5.32 Å². The lowest BCUT2D eigenvalue weighted by Crippen LogP contribution is -2.16. The van der Waals surface area contributed by atoms with Gasteiger partial charge < -0.3 is 10.1 Å². The van der Waals surface area contributed by atoms with Crippen LogP contribution in [0.5, 0.6) is 0 Å². The monoisotopic (exact) mass is 256 g/mol. The molecule has 0 aromatic carbocycles. The summed E-state index contributed by atoms with van der Waals surface area (Å²) in [6.45, 7) is 2.81. The fourth-order valence-electron chi connectivity index (χ4n) is 1.28. The van der Waals surface area contributed by atoms with Gasteiger partial charge in [-0.15, -0.1) is 36.2 Å². The number of hydrogen-bond donors (Lipinski definition) is 1. The molecule has 1 saturated heterocycles. The molecule has 1 unspecified atom stereocenters. The Morgan fingerprint density at radius 1 is 1.57 bits per heavy atom. The first-order chi connectivity index (χ1) is 5.95. The van der Waals surface area contributed by atoms with E-state index in [9.17, 15) is 0 Å². The average molecular weight is 257 g/mol. The molecule has 82 valence electrons. The number of hydrogen-bond acceptors (Lipinski definition) is 4. The van der Waals surface area contributed by atoms with Crippen molar-refractivity contribution in [3.05, 3.63) is 16.6 Å². The Bertz CT molecular complexity index is 227. The topological polar surface area (TPSA) is 34.1 Å². The molecule has 2 rings (SSSR count). The molecule has 1 aliphatic heterocycles. The Kier molecular flexibility index (Phi) is 7.49. The summed E-state index contributed by atoms with van der Waals surface area (Å²) < 4.78 is 5.66. The first-order valence-electron chi connectivity index (χ1n) is 4.15. The lowest BCUT2D eigenvalue weighted by atomic mass is 10.3. The van der Waals surface area contributed by atoms with Crippen LogP contribution in [0, 0.1) is 0 Å². The van der Waals surface area contributed by atoms with Gasteiger partial charge in [-0.2, -0.15) is 0 Å². The summed E-state index contributed by atoms with van der Waals surface area (Å²) in [6, 6.07) is 0. The predicted molar refractivity (Wildman–Crippen MR) is 62.7 cm³/mol. The van der Waals surface area contributed by atoms with Gasteiger partial charge in [-0.3, -0.25) is 4.98 Å². The van der Waals surface area contributed by atoms with Gasteiger partial charge in [0.1, 0.15) is 0 Å². The van der Waals surface area contributed by atoms with Crippen molar-refractivity contribution in [2.75, 3.05) is 13.1 Å². The van der Waals surface area contributed by atoms with E-state index in [4.69, 9.17) is 4.74 Å². The van der Waals surface area contributed by atoms with Crippen molar-refractivity contribution in [1.29, 1.82) is 0 Å². The third-order valence-electron chi connectivity index (χ3n) is 1.96. The van der Waals surface area contributed by atoms with Crippen molar-refractivity contribution in [2.24, 2.45) is 0 Å². The highest BCUT2D eigenvalue weighted by Crippen LogP contribution is 2.11. The molecule has 0 aliphatic carbocycles.